The first kappa shape index (κ1) is 14.6. The Morgan fingerprint density at radius 1 is 1.35 bits per heavy atom. The number of carbonyl (C=O) groups excluding carboxylic acids is 1. The van der Waals surface area contributed by atoms with E-state index in [9.17, 15) is 9.90 Å². The fourth-order valence-electron chi connectivity index (χ4n) is 1.96. The van der Waals surface area contributed by atoms with Crippen LogP contribution in [-0.4, -0.2) is 43.0 Å². The molecule has 2 rings (SSSR count). The van der Waals surface area contributed by atoms with Crippen molar-refractivity contribution in [2.45, 2.75) is 18.4 Å². The maximum Gasteiger partial charge on any atom is 0.258 e. The van der Waals surface area contributed by atoms with E-state index >= 15 is 0 Å². The maximum atomic E-state index is 11.7. The van der Waals surface area contributed by atoms with Crippen molar-refractivity contribution in [2.75, 3.05) is 32.1 Å². The predicted octanol–water partition coefficient (Wildman–Crippen LogP) is 0.305. The summed E-state index contributed by atoms with van der Waals surface area (Å²) in [4.78, 5) is 11.7. The zero-order valence-corrected chi connectivity index (χ0v) is 11.3. The van der Waals surface area contributed by atoms with Crippen molar-refractivity contribution in [1.29, 1.82) is 0 Å². The van der Waals surface area contributed by atoms with Crippen LogP contribution < -0.4 is 15.8 Å². The molecular weight excluding hydrogens is 260 g/mol. The van der Waals surface area contributed by atoms with Gasteiger partial charge in [0.25, 0.3) is 5.91 Å². The molecule has 1 heterocycles. The molecule has 1 aromatic rings. The Morgan fingerprint density at radius 3 is 2.65 bits per heavy atom. The molecule has 6 heteroatoms. The standard InChI is InChI=1S/C14H20N2O4/c15-11-1-3-12(4-2-11)20-9-13(17)16-10-14(18)5-7-19-8-6-14/h1-4,18H,5-10,15H2,(H,16,17). The number of hydrogen-bond acceptors (Lipinski definition) is 5. The van der Waals surface area contributed by atoms with Gasteiger partial charge < -0.3 is 25.6 Å². The molecule has 110 valence electrons. The number of amides is 1. The van der Waals surface area contributed by atoms with E-state index in [0.717, 1.165) is 0 Å². The van der Waals surface area contributed by atoms with Crippen LogP contribution in [0.25, 0.3) is 0 Å². The Hall–Kier alpha value is -1.79. The molecule has 1 aliphatic heterocycles. The lowest BCUT2D eigenvalue weighted by Crippen LogP contribution is -2.47. The van der Waals surface area contributed by atoms with Crippen molar-refractivity contribution < 1.29 is 19.4 Å². The second-order valence-corrected chi connectivity index (χ2v) is 4.97. The van der Waals surface area contributed by atoms with Crippen LogP contribution in [-0.2, 0) is 9.53 Å². The molecule has 0 spiro atoms. The Morgan fingerprint density at radius 2 is 2.00 bits per heavy atom. The second-order valence-electron chi connectivity index (χ2n) is 4.97. The van der Waals surface area contributed by atoms with Crippen molar-refractivity contribution in [3.63, 3.8) is 0 Å². The first-order valence-electron chi connectivity index (χ1n) is 6.63. The summed E-state index contributed by atoms with van der Waals surface area (Å²) >= 11 is 0. The number of nitrogens with two attached hydrogens (primary N) is 1. The monoisotopic (exact) mass is 280 g/mol. The normalized spacial score (nSPS) is 17.4. The van der Waals surface area contributed by atoms with Gasteiger partial charge in [-0.2, -0.15) is 0 Å². The number of nitrogen functional groups attached to an aromatic ring is 1. The molecule has 0 aliphatic carbocycles. The molecule has 1 saturated heterocycles. The molecule has 0 aromatic heterocycles. The van der Waals surface area contributed by atoms with Gasteiger partial charge in [-0.25, -0.2) is 0 Å². The van der Waals surface area contributed by atoms with Gasteiger partial charge in [0.2, 0.25) is 0 Å². The number of carbonyl (C=O) groups is 1. The Labute approximate surface area is 117 Å². The molecule has 4 N–H and O–H groups in total. The number of benzene rings is 1. The highest BCUT2D eigenvalue weighted by atomic mass is 16.5. The van der Waals surface area contributed by atoms with Crippen LogP contribution in [0, 0.1) is 0 Å². The van der Waals surface area contributed by atoms with Gasteiger partial charge in [-0.15, -0.1) is 0 Å². The molecule has 1 fully saturated rings. The number of nitrogens with one attached hydrogen (secondary N) is 1. The molecule has 0 atom stereocenters. The third kappa shape index (κ3) is 4.40. The molecule has 0 bridgehead atoms. The van der Waals surface area contributed by atoms with Crippen LogP contribution in [0.4, 0.5) is 5.69 Å². The Bertz CT molecular complexity index is 441. The summed E-state index contributed by atoms with van der Waals surface area (Å²) in [6, 6.07) is 6.82. The van der Waals surface area contributed by atoms with Crippen molar-refractivity contribution in [3.05, 3.63) is 24.3 Å². The van der Waals surface area contributed by atoms with Crippen LogP contribution in [0.5, 0.6) is 5.75 Å². The fraction of sp³-hybridized carbons (Fsp3) is 0.500. The van der Waals surface area contributed by atoms with Crippen LogP contribution in [0.15, 0.2) is 24.3 Å². The quantitative estimate of drug-likeness (QED) is 0.675. The van der Waals surface area contributed by atoms with Crippen LogP contribution in [0.3, 0.4) is 0 Å². The van der Waals surface area contributed by atoms with E-state index < -0.39 is 5.60 Å². The molecule has 0 radical (unpaired) electrons. The smallest absolute Gasteiger partial charge is 0.258 e. The minimum absolute atomic E-state index is 0.0868. The summed E-state index contributed by atoms with van der Waals surface area (Å²) in [6.45, 7) is 1.18. The first-order valence-corrected chi connectivity index (χ1v) is 6.63. The van der Waals surface area contributed by atoms with E-state index in [1.807, 2.05) is 0 Å². The lowest BCUT2D eigenvalue weighted by atomic mass is 9.94. The summed E-state index contributed by atoms with van der Waals surface area (Å²) < 4.78 is 10.5. The van der Waals surface area contributed by atoms with Gasteiger partial charge in [-0.3, -0.25) is 4.79 Å². The highest BCUT2D eigenvalue weighted by molar-refractivity contribution is 5.77. The zero-order chi connectivity index (χ0) is 14.4. The molecule has 1 aliphatic rings. The molecule has 1 amide bonds. The minimum atomic E-state index is -0.866. The summed E-state index contributed by atoms with van der Waals surface area (Å²) in [5, 5.41) is 12.9. The Kier molecular flexibility index (Phi) is 4.81. The lowest BCUT2D eigenvalue weighted by Gasteiger charge is -2.32. The van der Waals surface area contributed by atoms with E-state index in [1.165, 1.54) is 0 Å². The predicted molar refractivity (Wildman–Crippen MR) is 74.4 cm³/mol. The summed E-state index contributed by atoms with van der Waals surface area (Å²) in [6.07, 6.45) is 1.07. The van der Waals surface area contributed by atoms with E-state index in [2.05, 4.69) is 5.32 Å². The van der Waals surface area contributed by atoms with Crippen molar-refractivity contribution in [2.24, 2.45) is 0 Å². The largest absolute Gasteiger partial charge is 0.484 e. The number of ether oxygens (including phenoxy) is 2. The van der Waals surface area contributed by atoms with Gasteiger partial charge in [-0.05, 0) is 24.3 Å². The summed E-state index contributed by atoms with van der Waals surface area (Å²) in [7, 11) is 0. The average Bonchev–Trinajstić information content (AvgIpc) is 2.45. The van der Waals surface area contributed by atoms with Gasteiger partial charge in [0.15, 0.2) is 6.61 Å². The highest BCUT2D eigenvalue weighted by Crippen LogP contribution is 2.19. The van der Waals surface area contributed by atoms with E-state index in [1.54, 1.807) is 24.3 Å². The van der Waals surface area contributed by atoms with Gasteiger partial charge in [0.1, 0.15) is 5.75 Å². The number of anilines is 1. The van der Waals surface area contributed by atoms with Gasteiger partial charge in [-0.1, -0.05) is 0 Å². The molecule has 0 unspecified atom stereocenters. The fourth-order valence-corrected chi connectivity index (χ4v) is 1.96. The minimum Gasteiger partial charge on any atom is -0.484 e. The highest BCUT2D eigenvalue weighted by Gasteiger charge is 2.30. The summed E-state index contributed by atoms with van der Waals surface area (Å²) in [5.74, 6) is 0.320. The molecule has 1 aromatic carbocycles. The van der Waals surface area contributed by atoms with Crippen LogP contribution in [0.2, 0.25) is 0 Å². The van der Waals surface area contributed by atoms with Gasteiger partial charge in [0.05, 0.1) is 5.60 Å². The van der Waals surface area contributed by atoms with Crippen molar-refractivity contribution in [3.8, 4) is 5.75 Å². The third-order valence-electron chi connectivity index (χ3n) is 3.29. The van der Waals surface area contributed by atoms with Gasteiger partial charge >= 0.3 is 0 Å². The first-order chi connectivity index (χ1) is 9.57. The maximum absolute atomic E-state index is 11.7. The van der Waals surface area contributed by atoms with E-state index in [0.29, 0.717) is 37.5 Å². The molecule has 0 saturated carbocycles. The van der Waals surface area contributed by atoms with Crippen LogP contribution >= 0.6 is 0 Å². The molecular formula is C14H20N2O4. The molecule has 20 heavy (non-hydrogen) atoms. The number of aliphatic hydroxyl groups is 1. The number of hydrogen-bond donors (Lipinski definition) is 3. The average molecular weight is 280 g/mol. The van der Waals surface area contributed by atoms with Crippen molar-refractivity contribution in [1.82, 2.24) is 5.32 Å². The van der Waals surface area contributed by atoms with E-state index in [-0.39, 0.29) is 19.1 Å². The lowest BCUT2D eigenvalue weighted by molar-refractivity contribution is -0.125. The van der Waals surface area contributed by atoms with E-state index in [4.69, 9.17) is 15.2 Å². The zero-order valence-electron chi connectivity index (χ0n) is 11.3. The topological polar surface area (TPSA) is 93.8 Å². The second kappa shape index (κ2) is 6.58. The third-order valence-corrected chi connectivity index (χ3v) is 3.29. The SMILES string of the molecule is Nc1ccc(OCC(=O)NCC2(O)CCOCC2)cc1. The van der Waals surface area contributed by atoms with Crippen LogP contribution in [0.1, 0.15) is 12.8 Å². The summed E-state index contributed by atoms with van der Waals surface area (Å²) in [5.41, 5.74) is 5.33. The van der Waals surface area contributed by atoms with Gasteiger partial charge in [0, 0.05) is 38.3 Å². The Balaban J connectivity index is 1.71. The molecule has 6 nitrogen and oxygen atoms in total. The number of rotatable bonds is 5. The van der Waals surface area contributed by atoms with Crippen molar-refractivity contribution >= 4 is 11.6 Å².